The maximum Gasteiger partial charge on any atom is 0.350 e. The summed E-state index contributed by atoms with van der Waals surface area (Å²) in [6.45, 7) is 6.98. The summed E-state index contributed by atoms with van der Waals surface area (Å²) < 4.78 is 4.76. The van der Waals surface area contributed by atoms with Crippen LogP contribution in [0.3, 0.4) is 0 Å². The fourth-order valence-corrected chi connectivity index (χ4v) is 3.04. The van der Waals surface area contributed by atoms with Crippen molar-refractivity contribution in [3.63, 3.8) is 0 Å². The molecular weight excluding hydrogens is 250 g/mol. The molecule has 6 heteroatoms. The number of rotatable bonds is 2. The molecule has 1 aromatic heterocycles. The molecular formula is C12H19N3O2S. The summed E-state index contributed by atoms with van der Waals surface area (Å²) in [4.78, 5) is 21.2. The first-order valence-electron chi connectivity index (χ1n) is 6.04. The van der Waals surface area contributed by atoms with Gasteiger partial charge in [-0.05, 0) is 20.9 Å². The Kier molecular flexibility index (Phi) is 3.87. The number of methoxy groups -OCH3 is 1. The number of carbonyl (C=O) groups is 1. The van der Waals surface area contributed by atoms with Crippen LogP contribution in [0.15, 0.2) is 0 Å². The smallest absolute Gasteiger partial charge is 0.350 e. The fourth-order valence-electron chi connectivity index (χ4n) is 2.02. The van der Waals surface area contributed by atoms with Crippen molar-refractivity contribution in [3.05, 3.63) is 10.6 Å². The monoisotopic (exact) mass is 269 g/mol. The summed E-state index contributed by atoms with van der Waals surface area (Å²) in [5, 5.41) is 0.924. The second-order valence-electron chi connectivity index (χ2n) is 4.68. The average molecular weight is 269 g/mol. The van der Waals surface area contributed by atoms with E-state index in [1.165, 1.54) is 18.4 Å². The van der Waals surface area contributed by atoms with Crippen molar-refractivity contribution >= 4 is 22.4 Å². The molecule has 1 saturated heterocycles. The number of nitrogens with zero attached hydrogens (tertiary/aromatic N) is 3. The van der Waals surface area contributed by atoms with Gasteiger partial charge in [-0.1, -0.05) is 11.3 Å². The Morgan fingerprint density at radius 2 is 2.22 bits per heavy atom. The third-order valence-electron chi connectivity index (χ3n) is 3.39. The Morgan fingerprint density at radius 3 is 2.83 bits per heavy atom. The number of hydrogen-bond acceptors (Lipinski definition) is 6. The molecule has 1 aliphatic rings. The molecule has 0 aromatic carbocycles. The zero-order chi connectivity index (χ0) is 13.3. The SMILES string of the molecule is COC(=O)c1sc(N2CCN(C)C(C)C2)nc1C. The number of thiazole rings is 1. The molecule has 1 atom stereocenters. The normalized spacial score (nSPS) is 21.1. The summed E-state index contributed by atoms with van der Waals surface area (Å²) in [5.74, 6) is -0.293. The molecule has 1 fully saturated rings. The number of ether oxygens (including phenoxy) is 1. The number of carbonyl (C=O) groups excluding carboxylic acids is 1. The van der Waals surface area contributed by atoms with Crippen LogP contribution in [0, 0.1) is 6.92 Å². The minimum atomic E-state index is -0.293. The van der Waals surface area contributed by atoms with Gasteiger partial charge in [0.2, 0.25) is 0 Å². The van der Waals surface area contributed by atoms with E-state index in [4.69, 9.17) is 4.74 Å². The minimum absolute atomic E-state index is 0.293. The first kappa shape index (κ1) is 13.3. The van der Waals surface area contributed by atoms with E-state index in [-0.39, 0.29) is 5.97 Å². The van der Waals surface area contributed by atoms with Gasteiger partial charge in [0.05, 0.1) is 12.8 Å². The molecule has 0 bridgehead atoms. The van der Waals surface area contributed by atoms with Crippen molar-refractivity contribution in [3.8, 4) is 0 Å². The van der Waals surface area contributed by atoms with Gasteiger partial charge in [-0.15, -0.1) is 0 Å². The van der Waals surface area contributed by atoms with E-state index in [2.05, 4.69) is 28.8 Å². The number of aromatic nitrogens is 1. The summed E-state index contributed by atoms with van der Waals surface area (Å²) >= 11 is 1.42. The lowest BCUT2D eigenvalue weighted by atomic mass is 10.2. The Bertz CT molecular complexity index is 447. The van der Waals surface area contributed by atoms with E-state index in [9.17, 15) is 4.79 Å². The Labute approximate surface area is 111 Å². The third-order valence-corrected chi connectivity index (χ3v) is 4.58. The van der Waals surface area contributed by atoms with Gasteiger partial charge in [0, 0.05) is 25.7 Å². The highest BCUT2D eigenvalue weighted by Crippen LogP contribution is 2.28. The largest absolute Gasteiger partial charge is 0.465 e. The minimum Gasteiger partial charge on any atom is -0.465 e. The van der Waals surface area contributed by atoms with Crippen molar-refractivity contribution in [1.29, 1.82) is 0 Å². The fraction of sp³-hybridized carbons (Fsp3) is 0.667. The molecule has 1 aliphatic heterocycles. The summed E-state index contributed by atoms with van der Waals surface area (Å²) in [6, 6.07) is 0.504. The van der Waals surface area contributed by atoms with Gasteiger partial charge in [0.25, 0.3) is 0 Å². The molecule has 1 aromatic rings. The Balaban J connectivity index is 2.17. The van der Waals surface area contributed by atoms with Gasteiger partial charge in [-0.25, -0.2) is 9.78 Å². The van der Waals surface area contributed by atoms with E-state index in [1.807, 2.05) is 6.92 Å². The molecule has 0 N–H and O–H groups in total. The molecule has 0 aliphatic carbocycles. The van der Waals surface area contributed by atoms with Crippen LogP contribution < -0.4 is 4.90 Å². The Morgan fingerprint density at radius 1 is 1.50 bits per heavy atom. The highest BCUT2D eigenvalue weighted by Gasteiger charge is 2.25. The second kappa shape index (κ2) is 5.24. The topological polar surface area (TPSA) is 45.7 Å². The maximum absolute atomic E-state index is 11.6. The lowest BCUT2D eigenvalue weighted by Crippen LogP contribution is -2.50. The van der Waals surface area contributed by atoms with Gasteiger partial charge in [-0.2, -0.15) is 0 Å². The first-order valence-corrected chi connectivity index (χ1v) is 6.85. The second-order valence-corrected chi connectivity index (χ2v) is 5.66. The van der Waals surface area contributed by atoms with Crippen molar-refractivity contribution in [2.24, 2.45) is 0 Å². The first-order chi connectivity index (χ1) is 8.52. The molecule has 0 amide bonds. The number of hydrogen-bond donors (Lipinski definition) is 0. The molecule has 18 heavy (non-hydrogen) atoms. The third kappa shape index (κ3) is 2.49. The van der Waals surface area contributed by atoms with Gasteiger partial charge in [0.15, 0.2) is 5.13 Å². The lowest BCUT2D eigenvalue weighted by Gasteiger charge is -2.37. The molecule has 0 radical (unpaired) electrons. The summed E-state index contributed by atoms with van der Waals surface area (Å²) in [5.41, 5.74) is 0.758. The van der Waals surface area contributed by atoms with Crippen LogP contribution in [0.25, 0.3) is 0 Å². The van der Waals surface area contributed by atoms with Gasteiger partial charge < -0.3 is 14.5 Å². The van der Waals surface area contributed by atoms with Gasteiger partial charge >= 0.3 is 5.97 Å². The van der Waals surface area contributed by atoms with Crippen LogP contribution in [0.1, 0.15) is 22.3 Å². The molecule has 100 valence electrons. The van der Waals surface area contributed by atoms with Crippen LogP contribution in [-0.4, -0.2) is 55.7 Å². The number of anilines is 1. The number of esters is 1. The van der Waals surface area contributed by atoms with E-state index in [1.54, 1.807) is 0 Å². The molecule has 1 unspecified atom stereocenters. The van der Waals surface area contributed by atoms with Gasteiger partial charge in [-0.3, -0.25) is 0 Å². The predicted molar refractivity (Wildman–Crippen MR) is 72.5 cm³/mol. The zero-order valence-corrected chi connectivity index (χ0v) is 12.1. The number of likely N-dealkylation sites (N-methyl/N-ethyl adjacent to an activating group) is 1. The Hall–Kier alpha value is -1.14. The van der Waals surface area contributed by atoms with Crippen molar-refractivity contribution in [2.75, 3.05) is 38.7 Å². The van der Waals surface area contributed by atoms with Crippen molar-refractivity contribution < 1.29 is 9.53 Å². The van der Waals surface area contributed by atoms with Crippen molar-refractivity contribution in [1.82, 2.24) is 9.88 Å². The quantitative estimate of drug-likeness (QED) is 0.759. The molecule has 0 saturated carbocycles. The van der Waals surface area contributed by atoms with Crippen LogP contribution in [0.5, 0.6) is 0 Å². The zero-order valence-electron chi connectivity index (χ0n) is 11.3. The maximum atomic E-state index is 11.6. The van der Waals surface area contributed by atoms with E-state index in [0.29, 0.717) is 10.9 Å². The average Bonchev–Trinajstić information content (AvgIpc) is 2.74. The molecule has 2 rings (SSSR count). The molecule has 0 spiro atoms. The standard InChI is InChI=1S/C12H19N3O2S/c1-8-7-15(6-5-14(8)3)12-13-9(2)10(18-12)11(16)17-4/h8H,5-7H2,1-4H3. The molecule has 5 nitrogen and oxygen atoms in total. The van der Waals surface area contributed by atoms with Crippen LogP contribution in [0.4, 0.5) is 5.13 Å². The van der Waals surface area contributed by atoms with E-state index >= 15 is 0 Å². The number of piperazine rings is 1. The lowest BCUT2D eigenvalue weighted by molar-refractivity contribution is 0.0605. The van der Waals surface area contributed by atoms with Crippen molar-refractivity contribution in [2.45, 2.75) is 19.9 Å². The highest BCUT2D eigenvalue weighted by atomic mass is 32.1. The molecule has 2 heterocycles. The number of aryl methyl sites for hydroxylation is 1. The predicted octanol–water partition coefficient (Wildman–Crippen LogP) is 1.38. The highest BCUT2D eigenvalue weighted by molar-refractivity contribution is 7.17. The summed E-state index contributed by atoms with van der Waals surface area (Å²) in [7, 11) is 3.54. The van der Waals surface area contributed by atoms with Crippen LogP contribution in [-0.2, 0) is 4.74 Å². The van der Waals surface area contributed by atoms with E-state index < -0.39 is 0 Å². The van der Waals surface area contributed by atoms with E-state index in [0.717, 1.165) is 30.5 Å². The summed E-state index contributed by atoms with van der Waals surface area (Å²) in [6.07, 6.45) is 0. The van der Waals surface area contributed by atoms with Crippen LogP contribution in [0.2, 0.25) is 0 Å². The van der Waals surface area contributed by atoms with Gasteiger partial charge in [0.1, 0.15) is 4.88 Å². The van der Waals surface area contributed by atoms with Crippen LogP contribution >= 0.6 is 11.3 Å².